The first-order valence-electron chi connectivity index (χ1n) is 3.71. The second-order valence-electron chi connectivity index (χ2n) is 2.54. The highest BCUT2D eigenvalue weighted by atomic mass is 16.4. The van der Waals surface area contributed by atoms with Gasteiger partial charge in [0.25, 0.3) is 0 Å². The van der Waals surface area contributed by atoms with Crippen molar-refractivity contribution in [1.82, 2.24) is 0 Å². The van der Waals surface area contributed by atoms with Crippen LogP contribution in [0.3, 0.4) is 0 Å². The molecule has 0 amide bonds. The fourth-order valence-corrected chi connectivity index (χ4v) is 1.00. The first-order chi connectivity index (χ1) is 4.70. The Labute approximate surface area is 61.2 Å². The van der Waals surface area contributed by atoms with E-state index in [4.69, 9.17) is 5.11 Å². The predicted molar refractivity (Wildman–Crippen MR) is 38.4 cm³/mol. The summed E-state index contributed by atoms with van der Waals surface area (Å²) in [5.74, 6) is -0.426. The zero-order valence-corrected chi connectivity index (χ0v) is 6.47. The van der Waals surface area contributed by atoms with E-state index in [0.29, 0.717) is 0 Å². The fourth-order valence-electron chi connectivity index (χ4n) is 1.00. The molecule has 10 heavy (non-hydrogen) atoms. The minimum Gasteiger partial charge on any atom is -0.481 e. The first-order valence-corrected chi connectivity index (χ1v) is 3.71. The second kappa shape index (κ2) is 5.23. The molecule has 4 N–H and O–H groups in total. The summed E-state index contributed by atoms with van der Waals surface area (Å²) in [6.45, 7) is 2.80. The van der Waals surface area contributed by atoms with Crippen molar-refractivity contribution < 1.29 is 15.6 Å². The van der Waals surface area contributed by atoms with E-state index in [1.807, 2.05) is 0 Å². The summed E-state index contributed by atoms with van der Waals surface area (Å²) in [6.07, 6.45) is 2.31. The Hall–Kier alpha value is -0.570. The molecular formula is C7H16NO2+. The standard InChI is InChI=1S/C7H15NO2/c1-2-3-6(5-8)4-7(9)10/h6H,2-5,8H2,1H3,(H,9,10)/p+1. The average molecular weight is 146 g/mol. The van der Waals surface area contributed by atoms with Crippen LogP contribution < -0.4 is 5.73 Å². The molecule has 0 aliphatic carbocycles. The Kier molecular flexibility index (Phi) is 4.94. The molecule has 0 saturated heterocycles. The molecule has 0 bridgehead atoms. The fraction of sp³-hybridized carbons (Fsp3) is 0.857. The number of quaternary nitrogens is 1. The van der Waals surface area contributed by atoms with Crippen LogP contribution in [-0.2, 0) is 4.79 Å². The van der Waals surface area contributed by atoms with Gasteiger partial charge in [-0.15, -0.1) is 0 Å². The van der Waals surface area contributed by atoms with Crippen LogP contribution in [0.15, 0.2) is 0 Å². The van der Waals surface area contributed by atoms with Crippen LogP contribution >= 0.6 is 0 Å². The van der Waals surface area contributed by atoms with E-state index in [0.717, 1.165) is 19.4 Å². The minimum atomic E-state index is -0.706. The maximum Gasteiger partial charge on any atom is 0.303 e. The lowest BCUT2D eigenvalue weighted by Crippen LogP contribution is -2.53. The van der Waals surface area contributed by atoms with Crippen molar-refractivity contribution in [2.75, 3.05) is 6.54 Å². The molecule has 0 aliphatic rings. The number of hydrogen-bond donors (Lipinski definition) is 2. The van der Waals surface area contributed by atoms with Gasteiger partial charge in [0.1, 0.15) is 0 Å². The van der Waals surface area contributed by atoms with Gasteiger partial charge in [0.2, 0.25) is 0 Å². The summed E-state index contributed by atoms with van der Waals surface area (Å²) < 4.78 is 0. The van der Waals surface area contributed by atoms with E-state index in [9.17, 15) is 4.79 Å². The van der Waals surface area contributed by atoms with E-state index in [1.165, 1.54) is 0 Å². The Morgan fingerprint density at radius 2 is 2.30 bits per heavy atom. The molecule has 3 heteroatoms. The van der Waals surface area contributed by atoms with Crippen molar-refractivity contribution in [3.8, 4) is 0 Å². The molecule has 0 heterocycles. The minimum absolute atomic E-state index is 0.275. The molecule has 0 spiro atoms. The Morgan fingerprint density at radius 3 is 2.60 bits per heavy atom. The molecule has 1 atom stereocenters. The largest absolute Gasteiger partial charge is 0.481 e. The quantitative estimate of drug-likeness (QED) is 0.578. The Balaban J connectivity index is 3.49. The van der Waals surface area contributed by atoms with Crippen molar-refractivity contribution in [2.45, 2.75) is 26.2 Å². The molecule has 60 valence electrons. The lowest BCUT2D eigenvalue weighted by molar-refractivity contribution is -0.379. The van der Waals surface area contributed by atoms with Gasteiger partial charge in [-0.3, -0.25) is 4.79 Å². The molecule has 0 saturated carbocycles. The summed E-state index contributed by atoms with van der Waals surface area (Å²) in [5.41, 5.74) is 3.69. The number of carboxylic acid groups (broad SMARTS) is 1. The van der Waals surface area contributed by atoms with Crippen LogP contribution in [0.5, 0.6) is 0 Å². The van der Waals surface area contributed by atoms with Crippen LogP contribution in [0.25, 0.3) is 0 Å². The highest BCUT2D eigenvalue weighted by Crippen LogP contribution is 2.07. The zero-order valence-electron chi connectivity index (χ0n) is 6.47. The lowest BCUT2D eigenvalue weighted by atomic mass is 10.0. The van der Waals surface area contributed by atoms with Gasteiger partial charge in [0.15, 0.2) is 0 Å². The maximum absolute atomic E-state index is 10.2. The summed E-state index contributed by atoms with van der Waals surface area (Å²) in [4.78, 5) is 10.2. The summed E-state index contributed by atoms with van der Waals surface area (Å²) in [5, 5.41) is 8.41. The highest BCUT2D eigenvalue weighted by Gasteiger charge is 2.11. The van der Waals surface area contributed by atoms with Crippen LogP contribution in [0, 0.1) is 5.92 Å². The van der Waals surface area contributed by atoms with E-state index in [2.05, 4.69) is 12.7 Å². The number of carbonyl (C=O) groups is 1. The topological polar surface area (TPSA) is 64.9 Å². The van der Waals surface area contributed by atoms with Gasteiger partial charge in [-0.05, 0) is 6.42 Å². The van der Waals surface area contributed by atoms with E-state index in [1.54, 1.807) is 0 Å². The number of aliphatic carboxylic acids is 1. The second-order valence-corrected chi connectivity index (χ2v) is 2.54. The van der Waals surface area contributed by atoms with E-state index in [-0.39, 0.29) is 12.3 Å². The van der Waals surface area contributed by atoms with Gasteiger partial charge in [0.05, 0.1) is 13.0 Å². The molecular weight excluding hydrogens is 130 g/mol. The monoisotopic (exact) mass is 146 g/mol. The molecule has 0 aliphatic heterocycles. The van der Waals surface area contributed by atoms with Crippen molar-refractivity contribution in [3.05, 3.63) is 0 Å². The van der Waals surface area contributed by atoms with Crippen molar-refractivity contribution in [2.24, 2.45) is 5.92 Å². The third-order valence-electron chi connectivity index (χ3n) is 1.57. The Morgan fingerprint density at radius 1 is 1.70 bits per heavy atom. The Bertz CT molecular complexity index is 104. The van der Waals surface area contributed by atoms with Crippen molar-refractivity contribution in [3.63, 3.8) is 0 Å². The van der Waals surface area contributed by atoms with Gasteiger partial charge < -0.3 is 10.8 Å². The van der Waals surface area contributed by atoms with Crippen molar-refractivity contribution in [1.29, 1.82) is 0 Å². The van der Waals surface area contributed by atoms with Crippen LogP contribution in [0.1, 0.15) is 26.2 Å². The molecule has 3 nitrogen and oxygen atoms in total. The van der Waals surface area contributed by atoms with Crippen LogP contribution in [0.2, 0.25) is 0 Å². The van der Waals surface area contributed by atoms with Gasteiger partial charge in [-0.25, -0.2) is 0 Å². The summed E-state index contributed by atoms with van der Waals surface area (Å²) >= 11 is 0. The smallest absolute Gasteiger partial charge is 0.303 e. The molecule has 0 fully saturated rings. The van der Waals surface area contributed by atoms with Gasteiger partial charge in [0, 0.05) is 5.92 Å². The number of carboxylic acids is 1. The predicted octanol–water partition coefficient (Wildman–Crippen LogP) is 0.119. The summed E-state index contributed by atoms with van der Waals surface area (Å²) in [7, 11) is 0. The van der Waals surface area contributed by atoms with Crippen molar-refractivity contribution >= 4 is 5.97 Å². The van der Waals surface area contributed by atoms with Gasteiger partial charge >= 0.3 is 5.97 Å². The molecule has 0 radical (unpaired) electrons. The SMILES string of the molecule is CCCC(C[NH3+])CC(=O)O. The zero-order chi connectivity index (χ0) is 7.98. The van der Waals surface area contributed by atoms with Crippen LogP contribution in [-0.4, -0.2) is 17.6 Å². The van der Waals surface area contributed by atoms with E-state index < -0.39 is 5.97 Å². The summed E-state index contributed by atoms with van der Waals surface area (Å²) in [6, 6.07) is 0. The molecule has 1 unspecified atom stereocenters. The average Bonchev–Trinajstić information content (AvgIpc) is 1.86. The first kappa shape index (κ1) is 9.43. The molecule has 0 aromatic carbocycles. The highest BCUT2D eigenvalue weighted by molar-refractivity contribution is 5.66. The number of hydrogen-bond acceptors (Lipinski definition) is 1. The van der Waals surface area contributed by atoms with Gasteiger partial charge in [-0.2, -0.15) is 0 Å². The third-order valence-corrected chi connectivity index (χ3v) is 1.57. The normalized spacial score (nSPS) is 13.0. The number of rotatable bonds is 5. The lowest BCUT2D eigenvalue weighted by Gasteiger charge is -2.06. The molecule has 0 rings (SSSR count). The third kappa shape index (κ3) is 4.32. The van der Waals surface area contributed by atoms with E-state index >= 15 is 0 Å². The molecule has 0 aromatic heterocycles. The van der Waals surface area contributed by atoms with Crippen LogP contribution in [0.4, 0.5) is 0 Å². The maximum atomic E-state index is 10.2. The molecule has 0 aromatic rings. The van der Waals surface area contributed by atoms with Gasteiger partial charge in [-0.1, -0.05) is 13.3 Å².